The van der Waals surface area contributed by atoms with E-state index in [2.05, 4.69) is 5.92 Å². The molecule has 0 aliphatic heterocycles. The van der Waals surface area contributed by atoms with Crippen molar-refractivity contribution in [2.75, 3.05) is 0 Å². The summed E-state index contributed by atoms with van der Waals surface area (Å²) in [5, 5.41) is 0. The molecular formula is C8H11O2S-. The second-order valence-corrected chi connectivity index (χ2v) is 4.34. The third-order valence-corrected chi connectivity index (χ3v) is 3.55. The van der Waals surface area contributed by atoms with Gasteiger partial charge in [0.25, 0.3) is 0 Å². The van der Waals surface area contributed by atoms with Crippen LogP contribution in [0, 0.1) is 12.3 Å². The summed E-state index contributed by atoms with van der Waals surface area (Å²) in [7, 11) is 0. The SMILES string of the molecule is C#CCC1(S(=O)[O-])CCCC1. The van der Waals surface area contributed by atoms with E-state index in [4.69, 9.17) is 6.42 Å². The third-order valence-electron chi connectivity index (χ3n) is 2.29. The van der Waals surface area contributed by atoms with Gasteiger partial charge in [0, 0.05) is 11.2 Å². The molecule has 0 spiro atoms. The van der Waals surface area contributed by atoms with Gasteiger partial charge in [-0.25, -0.2) is 0 Å². The van der Waals surface area contributed by atoms with Crippen molar-refractivity contribution in [2.24, 2.45) is 0 Å². The van der Waals surface area contributed by atoms with E-state index in [1.807, 2.05) is 0 Å². The Bertz CT molecular complexity index is 199. The second kappa shape index (κ2) is 3.38. The largest absolute Gasteiger partial charge is 0.772 e. The predicted molar refractivity (Wildman–Crippen MR) is 43.6 cm³/mol. The van der Waals surface area contributed by atoms with Crippen molar-refractivity contribution in [1.29, 1.82) is 0 Å². The molecule has 0 aromatic heterocycles. The van der Waals surface area contributed by atoms with Gasteiger partial charge in [-0.05, 0) is 23.9 Å². The van der Waals surface area contributed by atoms with Crippen LogP contribution in [0.1, 0.15) is 32.1 Å². The summed E-state index contributed by atoms with van der Waals surface area (Å²) in [6.45, 7) is 0. The van der Waals surface area contributed by atoms with Gasteiger partial charge in [-0.15, -0.1) is 12.3 Å². The van der Waals surface area contributed by atoms with Gasteiger partial charge in [-0.3, -0.25) is 4.21 Å². The quantitative estimate of drug-likeness (QED) is 0.462. The van der Waals surface area contributed by atoms with Gasteiger partial charge in [0.2, 0.25) is 0 Å². The Labute approximate surface area is 69.7 Å². The maximum Gasteiger partial charge on any atom is 0.0436 e. The predicted octanol–water partition coefficient (Wildman–Crippen LogP) is 1.20. The zero-order valence-corrected chi connectivity index (χ0v) is 7.15. The summed E-state index contributed by atoms with van der Waals surface area (Å²) in [6.07, 6.45) is 8.96. The van der Waals surface area contributed by atoms with Crippen molar-refractivity contribution in [3.8, 4) is 12.3 Å². The van der Waals surface area contributed by atoms with Crippen molar-refractivity contribution in [3.05, 3.63) is 0 Å². The highest BCUT2D eigenvalue weighted by Gasteiger charge is 2.34. The first-order valence-corrected chi connectivity index (χ1v) is 4.82. The Morgan fingerprint density at radius 1 is 1.55 bits per heavy atom. The molecule has 0 bridgehead atoms. The molecule has 11 heavy (non-hydrogen) atoms. The van der Waals surface area contributed by atoms with Crippen LogP contribution in [0.2, 0.25) is 0 Å². The minimum atomic E-state index is -1.99. The van der Waals surface area contributed by atoms with Crippen LogP contribution in [-0.2, 0) is 11.1 Å². The lowest BCUT2D eigenvalue weighted by atomic mass is 10.0. The number of terminal acetylenes is 1. The highest BCUT2D eigenvalue weighted by atomic mass is 32.2. The lowest BCUT2D eigenvalue weighted by molar-refractivity contribution is 0.473. The first kappa shape index (κ1) is 8.76. The summed E-state index contributed by atoms with van der Waals surface area (Å²) < 4.78 is 21.1. The topological polar surface area (TPSA) is 40.1 Å². The molecule has 1 rings (SSSR count). The van der Waals surface area contributed by atoms with Gasteiger partial charge in [-0.2, -0.15) is 0 Å². The van der Waals surface area contributed by atoms with E-state index in [1.165, 1.54) is 0 Å². The van der Waals surface area contributed by atoms with E-state index in [1.54, 1.807) is 0 Å². The number of rotatable bonds is 2. The summed E-state index contributed by atoms with van der Waals surface area (Å²) in [6, 6.07) is 0. The lowest BCUT2D eigenvalue weighted by Crippen LogP contribution is -2.29. The van der Waals surface area contributed by atoms with Crippen LogP contribution in [0.4, 0.5) is 0 Å². The molecule has 0 amide bonds. The molecule has 0 saturated heterocycles. The van der Waals surface area contributed by atoms with Gasteiger partial charge in [-0.1, -0.05) is 12.8 Å². The summed E-state index contributed by atoms with van der Waals surface area (Å²) in [4.78, 5) is 0. The van der Waals surface area contributed by atoms with Crippen LogP contribution in [0.15, 0.2) is 0 Å². The molecule has 1 atom stereocenters. The lowest BCUT2D eigenvalue weighted by Gasteiger charge is -2.29. The fourth-order valence-corrected chi connectivity index (χ4v) is 2.43. The van der Waals surface area contributed by atoms with Gasteiger partial charge in [0.15, 0.2) is 0 Å². The molecule has 1 unspecified atom stereocenters. The zero-order chi connectivity index (χ0) is 8.32. The average molecular weight is 171 g/mol. The third kappa shape index (κ3) is 1.63. The molecule has 0 radical (unpaired) electrons. The number of hydrogen-bond acceptors (Lipinski definition) is 2. The van der Waals surface area contributed by atoms with Gasteiger partial charge < -0.3 is 4.55 Å². The average Bonchev–Trinajstić information content (AvgIpc) is 2.38. The van der Waals surface area contributed by atoms with E-state index in [-0.39, 0.29) is 0 Å². The Morgan fingerprint density at radius 2 is 2.09 bits per heavy atom. The second-order valence-electron chi connectivity index (χ2n) is 3.01. The van der Waals surface area contributed by atoms with Crippen LogP contribution in [0.3, 0.4) is 0 Å². The molecule has 0 aromatic rings. The molecule has 0 N–H and O–H groups in total. The van der Waals surface area contributed by atoms with Gasteiger partial charge in [0.05, 0.1) is 0 Å². The van der Waals surface area contributed by atoms with Crippen LogP contribution >= 0.6 is 0 Å². The summed E-state index contributed by atoms with van der Waals surface area (Å²) in [5.74, 6) is 2.44. The highest BCUT2D eigenvalue weighted by molar-refractivity contribution is 7.80. The molecule has 1 fully saturated rings. The molecule has 1 aliphatic rings. The first-order chi connectivity index (χ1) is 5.21. The summed E-state index contributed by atoms with van der Waals surface area (Å²) in [5.41, 5.74) is 0. The van der Waals surface area contributed by atoms with Gasteiger partial charge in [0.1, 0.15) is 0 Å². The van der Waals surface area contributed by atoms with Crippen LogP contribution in [0.5, 0.6) is 0 Å². The standard InChI is InChI=1S/C8H12O2S/c1-2-5-8(11(9)10)6-3-4-7-8/h1H,3-7H2,(H,9,10)/p-1. The van der Waals surface area contributed by atoms with Crippen LogP contribution < -0.4 is 0 Å². The maximum absolute atomic E-state index is 10.8. The summed E-state index contributed by atoms with van der Waals surface area (Å²) >= 11 is -1.99. The van der Waals surface area contributed by atoms with E-state index in [9.17, 15) is 8.76 Å². The van der Waals surface area contributed by atoms with E-state index in [0.717, 1.165) is 25.7 Å². The van der Waals surface area contributed by atoms with Crippen molar-refractivity contribution in [1.82, 2.24) is 0 Å². The first-order valence-electron chi connectivity index (χ1n) is 3.74. The van der Waals surface area contributed by atoms with Crippen molar-refractivity contribution in [3.63, 3.8) is 0 Å². The Morgan fingerprint density at radius 3 is 2.45 bits per heavy atom. The number of hydrogen-bond donors (Lipinski definition) is 0. The normalized spacial score (nSPS) is 24.4. The van der Waals surface area contributed by atoms with Crippen LogP contribution in [0.25, 0.3) is 0 Å². The Balaban J connectivity index is 2.72. The van der Waals surface area contributed by atoms with Crippen molar-refractivity contribution >= 4 is 11.1 Å². The fraction of sp³-hybridized carbons (Fsp3) is 0.750. The minimum Gasteiger partial charge on any atom is -0.772 e. The molecule has 62 valence electrons. The molecule has 0 aromatic carbocycles. The van der Waals surface area contributed by atoms with E-state index >= 15 is 0 Å². The molecular weight excluding hydrogens is 160 g/mol. The Hall–Kier alpha value is -0.330. The van der Waals surface area contributed by atoms with Crippen LogP contribution in [-0.4, -0.2) is 13.5 Å². The van der Waals surface area contributed by atoms with Gasteiger partial charge >= 0.3 is 0 Å². The minimum absolute atomic E-state index is 0.378. The molecule has 2 nitrogen and oxygen atoms in total. The Kier molecular flexibility index (Phi) is 2.69. The molecule has 1 saturated carbocycles. The highest BCUT2D eigenvalue weighted by Crippen LogP contribution is 2.36. The van der Waals surface area contributed by atoms with Crippen molar-refractivity contribution < 1.29 is 8.76 Å². The molecule has 1 aliphatic carbocycles. The molecule has 3 heteroatoms. The maximum atomic E-state index is 10.8. The van der Waals surface area contributed by atoms with Crippen molar-refractivity contribution in [2.45, 2.75) is 36.9 Å². The molecule has 0 heterocycles. The monoisotopic (exact) mass is 171 g/mol. The van der Waals surface area contributed by atoms with E-state index < -0.39 is 15.8 Å². The fourth-order valence-electron chi connectivity index (χ4n) is 1.61. The smallest absolute Gasteiger partial charge is 0.0436 e. The van der Waals surface area contributed by atoms with E-state index in [0.29, 0.717) is 6.42 Å². The zero-order valence-electron chi connectivity index (χ0n) is 6.34.